The van der Waals surface area contributed by atoms with Crippen molar-refractivity contribution in [3.8, 4) is 11.4 Å². The van der Waals surface area contributed by atoms with Gasteiger partial charge in [0.15, 0.2) is 5.11 Å². The zero-order chi connectivity index (χ0) is 24.1. The van der Waals surface area contributed by atoms with Gasteiger partial charge in [-0.15, -0.1) is 10.2 Å². The smallest absolute Gasteiger partial charge is 0.250 e. The molecule has 0 saturated heterocycles. The average Bonchev–Trinajstić information content (AvgIpc) is 3.26. The van der Waals surface area contributed by atoms with Gasteiger partial charge in [0.1, 0.15) is 16.8 Å². The van der Waals surface area contributed by atoms with Gasteiger partial charge in [0.25, 0.3) is 0 Å². The van der Waals surface area contributed by atoms with Gasteiger partial charge in [0, 0.05) is 11.8 Å². The lowest BCUT2D eigenvalue weighted by Crippen LogP contribution is -2.33. The summed E-state index contributed by atoms with van der Waals surface area (Å²) in [6, 6.07) is 19.4. The predicted molar refractivity (Wildman–Crippen MR) is 139 cm³/mol. The van der Waals surface area contributed by atoms with Crippen LogP contribution in [0.15, 0.2) is 66.7 Å². The highest BCUT2D eigenvalue weighted by Gasteiger charge is 2.10. The summed E-state index contributed by atoms with van der Waals surface area (Å²) in [4.78, 5) is 13.9. The number of ether oxygens (including phenoxy) is 1. The number of nitrogens with one attached hydrogen (secondary N) is 2. The minimum atomic E-state index is -0.325. The third-order valence-electron chi connectivity index (χ3n) is 5.33. The Morgan fingerprint density at radius 1 is 1.06 bits per heavy atom. The molecule has 0 atom stereocenters. The molecule has 1 heterocycles. The Labute approximate surface area is 203 Å². The van der Waals surface area contributed by atoms with E-state index in [1.54, 1.807) is 18.0 Å². The Kier molecular flexibility index (Phi) is 6.98. The van der Waals surface area contributed by atoms with Crippen molar-refractivity contribution in [1.82, 2.24) is 20.3 Å². The Morgan fingerprint density at radius 3 is 2.38 bits per heavy atom. The number of thiocarbonyl (C=S) groups is 1. The number of hydrogen-bond donors (Lipinski definition) is 2. The standard InChI is InChI=1S/C26H25N5O2S/c1-4-18-5-10-20(11-6-18)31-29-23-15-17(2)22(16-24(23)30-31)27-26(34)28-25(32)14-9-19-7-12-21(33-3)13-8-19/h5-16H,4H2,1-3H3,(H2,27,28,32,34)/b14-9+. The van der Waals surface area contributed by atoms with E-state index in [0.717, 1.165) is 45.7 Å². The molecule has 0 saturated carbocycles. The third kappa shape index (κ3) is 5.47. The van der Waals surface area contributed by atoms with E-state index in [0.29, 0.717) is 0 Å². The second kappa shape index (κ2) is 10.3. The number of anilines is 1. The van der Waals surface area contributed by atoms with E-state index in [2.05, 4.69) is 39.9 Å². The maximum atomic E-state index is 12.3. The lowest BCUT2D eigenvalue weighted by Gasteiger charge is -2.10. The SMILES string of the molecule is CCc1ccc(-n2nc3cc(C)c(NC(=S)NC(=O)/C=C/c4ccc(OC)cc4)cc3n2)cc1. The number of aryl methyl sites for hydroxylation is 2. The van der Waals surface area contributed by atoms with Crippen LogP contribution in [0.4, 0.5) is 5.69 Å². The van der Waals surface area contributed by atoms with E-state index in [1.807, 2.05) is 55.5 Å². The molecule has 0 spiro atoms. The predicted octanol–water partition coefficient (Wildman–Crippen LogP) is 4.83. The van der Waals surface area contributed by atoms with Crippen LogP contribution in [0.2, 0.25) is 0 Å². The van der Waals surface area contributed by atoms with Crippen molar-refractivity contribution in [3.63, 3.8) is 0 Å². The summed E-state index contributed by atoms with van der Waals surface area (Å²) in [5, 5.41) is 15.1. The van der Waals surface area contributed by atoms with Gasteiger partial charge in [0.2, 0.25) is 5.91 Å². The molecule has 0 aliphatic carbocycles. The van der Waals surface area contributed by atoms with E-state index in [1.165, 1.54) is 11.6 Å². The summed E-state index contributed by atoms with van der Waals surface area (Å²) in [6.07, 6.45) is 4.12. The van der Waals surface area contributed by atoms with Crippen LogP contribution >= 0.6 is 12.2 Å². The molecule has 34 heavy (non-hydrogen) atoms. The molecule has 0 fully saturated rings. The number of fused-ring (bicyclic) bond motifs is 1. The van der Waals surface area contributed by atoms with Crippen molar-refractivity contribution in [3.05, 3.63) is 83.4 Å². The van der Waals surface area contributed by atoms with Gasteiger partial charge in [0.05, 0.1) is 12.8 Å². The molecule has 4 aromatic rings. The van der Waals surface area contributed by atoms with Crippen molar-refractivity contribution >= 4 is 46.0 Å². The van der Waals surface area contributed by atoms with E-state index in [-0.39, 0.29) is 11.0 Å². The van der Waals surface area contributed by atoms with Gasteiger partial charge < -0.3 is 10.1 Å². The van der Waals surface area contributed by atoms with Gasteiger partial charge >= 0.3 is 0 Å². The number of carbonyl (C=O) groups excluding carboxylic acids is 1. The highest BCUT2D eigenvalue weighted by molar-refractivity contribution is 7.80. The van der Waals surface area contributed by atoms with Gasteiger partial charge in [-0.25, -0.2) is 0 Å². The Balaban J connectivity index is 1.43. The van der Waals surface area contributed by atoms with Gasteiger partial charge in [-0.05, 0) is 84.7 Å². The molecule has 3 aromatic carbocycles. The molecule has 0 unspecified atom stereocenters. The molecule has 7 nitrogen and oxygen atoms in total. The minimum Gasteiger partial charge on any atom is -0.497 e. The van der Waals surface area contributed by atoms with E-state index < -0.39 is 0 Å². The molecule has 172 valence electrons. The van der Waals surface area contributed by atoms with Gasteiger partial charge in [-0.1, -0.05) is 31.2 Å². The topological polar surface area (TPSA) is 81.1 Å². The van der Waals surface area contributed by atoms with Crippen molar-refractivity contribution in [2.24, 2.45) is 0 Å². The number of methoxy groups -OCH3 is 1. The largest absolute Gasteiger partial charge is 0.497 e. The quantitative estimate of drug-likeness (QED) is 0.310. The van der Waals surface area contributed by atoms with Gasteiger partial charge in [-0.3, -0.25) is 10.1 Å². The number of rotatable bonds is 6. The summed E-state index contributed by atoms with van der Waals surface area (Å²) in [5.74, 6) is 0.433. The molecule has 0 aliphatic rings. The number of aromatic nitrogens is 3. The highest BCUT2D eigenvalue weighted by atomic mass is 32.1. The maximum Gasteiger partial charge on any atom is 0.250 e. The first-order valence-corrected chi connectivity index (χ1v) is 11.3. The molecule has 0 bridgehead atoms. The van der Waals surface area contributed by atoms with E-state index in [9.17, 15) is 4.79 Å². The second-order valence-corrected chi connectivity index (χ2v) is 8.12. The van der Waals surface area contributed by atoms with Crippen molar-refractivity contribution in [1.29, 1.82) is 0 Å². The van der Waals surface area contributed by atoms with E-state index in [4.69, 9.17) is 17.0 Å². The normalized spacial score (nSPS) is 11.0. The molecule has 0 aliphatic heterocycles. The molecular weight excluding hydrogens is 446 g/mol. The third-order valence-corrected chi connectivity index (χ3v) is 5.53. The molecule has 4 rings (SSSR count). The lowest BCUT2D eigenvalue weighted by molar-refractivity contribution is -0.115. The molecule has 1 aromatic heterocycles. The van der Waals surface area contributed by atoms with Crippen LogP contribution in [0.25, 0.3) is 22.8 Å². The number of amides is 1. The fraction of sp³-hybridized carbons (Fsp3) is 0.154. The Bertz CT molecular complexity index is 1360. The highest BCUT2D eigenvalue weighted by Crippen LogP contribution is 2.22. The van der Waals surface area contributed by atoms with Crippen molar-refractivity contribution in [2.75, 3.05) is 12.4 Å². The summed E-state index contributed by atoms with van der Waals surface area (Å²) in [6.45, 7) is 4.07. The summed E-state index contributed by atoms with van der Waals surface area (Å²) in [5.41, 5.74) is 6.23. The first-order chi connectivity index (χ1) is 16.4. The fourth-order valence-electron chi connectivity index (χ4n) is 3.38. The molecule has 0 radical (unpaired) electrons. The molecule has 2 N–H and O–H groups in total. The van der Waals surface area contributed by atoms with Gasteiger partial charge in [-0.2, -0.15) is 4.80 Å². The minimum absolute atomic E-state index is 0.203. The van der Waals surface area contributed by atoms with Crippen molar-refractivity contribution in [2.45, 2.75) is 20.3 Å². The monoisotopic (exact) mass is 471 g/mol. The zero-order valence-corrected chi connectivity index (χ0v) is 20.0. The molecular formula is C26H25N5O2S. The van der Waals surface area contributed by atoms with Crippen LogP contribution in [0.1, 0.15) is 23.6 Å². The fourth-order valence-corrected chi connectivity index (χ4v) is 3.59. The lowest BCUT2D eigenvalue weighted by atomic mass is 10.2. The van der Waals surface area contributed by atoms with E-state index >= 15 is 0 Å². The van der Waals surface area contributed by atoms with Crippen LogP contribution in [0, 0.1) is 6.92 Å². The van der Waals surface area contributed by atoms with Crippen LogP contribution in [0.3, 0.4) is 0 Å². The van der Waals surface area contributed by atoms with Crippen LogP contribution in [-0.2, 0) is 11.2 Å². The zero-order valence-electron chi connectivity index (χ0n) is 19.2. The molecule has 1 amide bonds. The van der Waals surface area contributed by atoms with Crippen molar-refractivity contribution < 1.29 is 9.53 Å². The maximum absolute atomic E-state index is 12.3. The Hall–Kier alpha value is -4.04. The summed E-state index contributed by atoms with van der Waals surface area (Å²) >= 11 is 5.33. The first-order valence-electron chi connectivity index (χ1n) is 10.9. The summed E-state index contributed by atoms with van der Waals surface area (Å²) < 4.78 is 5.13. The number of nitrogens with zero attached hydrogens (tertiary/aromatic N) is 3. The number of hydrogen-bond acceptors (Lipinski definition) is 5. The number of benzene rings is 3. The second-order valence-electron chi connectivity index (χ2n) is 7.72. The average molecular weight is 472 g/mol. The van der Waals surface area contributed by atoms with Crippen LogP contribution < -0.4 is 15.4 Å². The van der Waals surface area contributed by atoms with Crippen LogP contribution in [0.5, 0.6) is 5.75 Å². The molecule has 8 heteroatoms. The Morgan fingerprint density at radius 2 is 1.74 bits per heavy atom. The first kappa shape index (κ1) is 23.1. The van der Waals surface area contributed by atoms with Crippen LogP contribution in [-0.4, -0.2) is 33.1 Å². The number of carbonyl (C=O) groups is 1. The summed E-state index contributed by atoms with van der Waals surface area (Å²) in [7, 11) is 1.61.